The van der Waals surface area contributed by atoms with Gasteiger partial charge in [0.1, 0.15) is 0 Å². The molecule has 1 aromatic rings. The van der Waals surface area contributed by atoms with Crippen LogP contribution >= 0.6 is 11.3 Å². The lowest BCUT2D eigenvalue weighted by molar-refractivity contribution is -0.138. The van der Waals surface area contributed by atoms with Crippen molar-refractivity contribution < 1.29 is 14.7 Å². The molecule has 1 aliphatic heterocycles. The van der Waals surface area contributed by atoms with E-state index >= 15 is 0 Å². The third-order valence-electron chi connectivity index (χ3n) is 4.59. The predicted octanol–water partition coefficient (Wildman–Crippen LogP) is 3.10. The van der Waals surface area contributed by atoms with Crippen LogP contribution in [-0.2, 0) is 17.6 Å². The smallest absolute Gasteiger partial charge is 0.305 e. The van der Waals surface area contributed by atoms with Gasteiger partial charge >= 0.3 is 5.97 Å². The van der Waals surface area contributed by atoms with Crippen molar-refractivity contribution >= 4 is 23.2 Å². The second-order valence-corrected chi connectivity index (χ2v) is 6.97. The molecule has 0 spiro atoms. The quantitative estimate of drug-likeness (QED) is 0.933. The second-order valence-electron chi connectivity index (χ2n) is 6.00. The number of hydrogen-bond acceptors (Lipinski definition) is 3. The molecular weight excluding hydrogens is 286 g/mol. The first-order valence-corrected chi connectivity index (χ1v) is 8.67. The standard InChI is InChI=1S/C16H21NO3S/c18-15(19)9-11-5-3-4-8-17(11)16(20)13-10-21-14-7-2-1-6-12(13)14/h10-11H,1-9H2,(H,18,19). The number of aliphatic carboxylic acids is 1. The van der Waals surface area contributed by atoms with Crippen molar-refractivity contribution in [2.45, 2.75) is 57.4 Å². The first kappa shape index (κ1) is 14.6. The summed E-state index contributed by atoms with van der Waals surface area (Å²) in [5.74, 6) is -0.757. The van der Waals surface area contributed by atoms with Gasteiger partial charge in [0.2, 0.25) is 0 Å². The van der Waals surface area contributed by atoms with Crippen molar-refractivity contribution in [3.8, 4) is 0 Å². The molecule has 1 N–H and O–H groups in total. The number of carboxylic acids is 1. The van der Waals surface area contributed by atoms with Gasteiger partial charge in [-0.25, -0.2) is 0 Å². The van der Waals surface area contributed by atoms with Gasteiger partial charge in [-0.3, -0.25) is 9.59 Å². The topological polar surface area (TPSA) is 57.6 Å². The first-order chi connectivity index (χ1) is 10.2. The summed E-state index contributed by atoms with van der Waals surface area (Å²) >= 11 is 1.70. The van der Waals surface area contributed by atoms with Crippen LogP contribution in [0.2, 0.25) is 0 Å². The minimum absolute atomic E-state index is 0.0559. The monoisotopic (exact) mass is 307 g/mol. The van der Waals surface area contributed by atoms with Crippen LogP contribution in [0.1, 0.15) is 59.3 Å². The number of carbonyl (C=O) groups is 2. The van der Waals surface area contributed by atoms with Crippen LogP contribution in [0.4, 0.5) is 0 Å². The number of rotatable bonds is 3. The lowest BCUT2D eigenvalue weighted by Crippen LogP contribution is -2.45. The van der Waals surface area contributed by atoms with Crippen LogP contribution in [0.25, 0.3) is 0 Å². The Bertz CT molecular complexity index is 552. The fourth-order valence-corrected chi connectivity index (χ4v) is 4.63. The molecule has 5 heteroatoms. The number of likely N-dealkylation sites (tertiary alicyclic amines) is 1. The summed E-state index contributed by atoms with van der Waals surface area (Å²) in [5, 5.41) is 11.0. The number of carbonyl (C=O) groups excluding carboxylic acids is 1. The molecule has 114 valence electrons. The van der Waals surface area contributed by atoms with Gasteiger partial charge in [0.05, 0.1) is 12.0 Å². The average molecular weight is 307 g/mol. The number of amides is 1. The number of nitrogens with zero attached hydrogens (tertiary/aromatic N) is 1. The van der Waals surface area contributed by atoms with Crippen molar-refractivity contribution in [2.75, 3.05) is 6.54 Å². The number of carboxylic acid groups (broad SMARTS) is 1. The van der Waals surface area contributed by atoms with E-state index in [9.17, 15) is 9.59 Å². The fourth-order valence-electron chi connectivity index (χ4n) is 3.51. The Morgan fingerprint density at radius 1 is 1.24 bits per heavy atom. The summed E-state index contributed by atoms with van der Waals surface area (Å²) in [7, 11) is 0. The molecule has 3 rings (SSSR count). The Morgan fingerprint density at radius 2 is 2.05 bits per heavy atom. The minimum atomic E-state index is -0.813. The van der Waals surface area contributed by atoms with E-state index in [1.54, 1.807) is 11.3 Å². The van der Waals surface area contributed by atoms with Crippen LogP contribution in [0.5, 0.6) is 0 Å². The molecule has 0 saturated carbocycles. The van der Waals surface area contributed by atoms with Crippen LogP contribution in [0.3, 0.4) is 0 Å². The van der Waals surface area contributed by atoms with Gasteiger partial charge in [0.25, 0.3) is 5.91 Å². The summed E-state index contributed by atoms with van der Waals surface area (Å²) in [6, 6.07) is -0.136. The van der Waals surface area contributed by atoms with Gasteiger partial charge in [0.15, 0.2) is 0 Å². The molecule has 1 amide bonds. The van der Waals surface area contributed by atoms with Crippen molar-refractivity contribution in [1.82, 2.24) is 4.90 Å². The van der Waals surface area contributed by atoms with E-state index in [1.165, 1.54) is 16.9 Å². The molecule has 1 atom stereocenters. The summed E-state index contributed by atoms with van der Waals surface area (Å²) in [4.78, 5) is 27.1. The summed E-state index contributed by atoms with van der Waals surface area (Å²) in [5.41, 5.74) is 2.07. The zero-order valence-electron chi connectivity index (χ0n) is 12.1. The van der Waals surface area contributed by atoms with Gasteiger partial charge in [-0.2, -0.15) is 0 Å². The van der Waals surface area contributed by atoms with Crippen LogP contribution in [0, 0.1) is 0 Å². The van der Waals surface area contributed by atoms with E-state index in [1.807, 2.05) is 10.3 Å². The number of piperidine rings is 1. The predicted molar refractivity (Wildman–Crippen MR) is 81.9 cm³/mol. The maximum Gasteiger partial charge on any atom is 0.305 e. The average Bonchev–Trinajstić information content (AvgIpc) is 2.90. The zero-order valence-corrected chi connectivity index (χ0v) is 13.0. The lowest BCUT2D eigenvalue weighted by Gasteiger charge is -2.35. The highest BCUT2D eigenvalue weighted by molar-refractivity contribution is 7.10. The molecule has 0 radical (unpaired) electrons. The minimum Gasteiger partial charge on any atom is -0.481 e. The molecular formula is C16H21NO3S. The summed E-state index contributed by atoms with van der Waals surface area (Å²) < 4.78 is 0. The second kappa shape index (κ2) is 6.18. The molecule has 0 bridgehead atoms. The third kappa shape index (κ3) is 2.98. The number of thiophene rings is 1. The highest BCUT2D eigenvalue weighted by Crippen LogP contribution is 2.32. The number of aryl methyl sites for hydroxylation is 1. The molecule has 1 aliphatic carbocycles. The molecule has 4 nitrogen and oxygen atoms in total. The molecule has 1 saturated heterocycles. The van der Waals surface area contributed by atoms with E-state index in [2.05, 4.69) is 0 Å². The number of hydrogen-bond donors (Lipinski definition) is 1. The Labute approximate surface area is 128 Å². The Balaban J connectivity index is 1.82. The molecule has 1 fully saturated rings. The molecule has 2 heterocycles. The first-order valence-electron chi connectivity index (χ1n) is 7.79. The molecule has 1 aromatic heterocycles. The van der Waals surface area contributed by atoms with E-state index in [0.29, 0.717) is 6.54 Å². The fraction of sp³-hybridized carbons (Fsp3) is 0.625. The van der Waals surface area contributed by atoms with Crippen molar-refractivity contribution in [3.05, 3.63) is 21.4 Å². The van der Waals surface area contributed by atoms with Gasteiger partial charge < -0.3 is 10.0 Å². The third-order valence-corrected chi connectivity index (χ3v) is 5.68. The lowest BCUT2D eigenvalue weighted by atomic mass is 9.93. The Hall–Kier alpha value is -1.36. The van der Waals surface area contributed by atoms with Crippen molar-refractivity contribution in [2.24, 2.45) is 0 Å². The highest BCUT2D eigenvalue weighted by Gasteiger charge is 2.31. The van der Waals surface area contributed by atoms with E-state index in [0.717, 1.165) is 44.1 Å². The van der Waals surface area contributed by atoms with Crippen LogP contribution < -0.4 is 0 Å². The maximum atomic E-state index is 12.9. The summed E-state index contributed by atoms with van der Waals surface area (Å²) in [6.45, 7) is 0.696. The van der Waals surface area contributed by atoms with Crippen LogP contribution in [0.15, 0.2) is 5.38 Å². The van der Waals surface area contributed by atoms with Gasteiger partial charge in [-0.1, -0.05) is 0 Å². The van der Waals surface area contributed by atoms with Gasteiger partial charge in [-0.05, 0) is 50.5 Å². The highest BCUT2D eigenvalue weighted by atomic mass is 32.1. The maximum absolute atomic E-state index is 12.9. The van der Waals surface area contributed by atoms with Crippen LogP contribution in [-0.4, -0.2) is 34.5 Å². The van der Waals surface area contributed by atoms with Gasteiger partial charge in [-0.15, -0.1) is 11.3 Å². The molecule has 2 aliphatic rings. The van der Waals surface area contributed by atoms with E-state index in [4.69, 9.17) is 5.11 Å². The summed E-state index contributed by atoms with van der Waals surface area (Å²) in [6.07, 6.45) is 7.33. The Morgan fingerprint density at radius 3 is 2.86 bits per heavy atom. The van der Waals surface area contributed by atoms with Gasteiger partial charge in [0, 0.05) is 22.8 Å². The zero-order chi connectivity index (χ0) is 14.8. The normalized spacial score (nSPS) is 21.9. The molecule has 21 heavy (non-hydrogen) atoms. The van der Waals surface area contributed by atoms with Crippen molar-refractivity contribution in [3.63, 3.8) is 0 Å². The van der Waals surface area contributed by atoms with E-state index in [-0.39, 0.29) is 18.4 Å². The largest absolute Gasteiger partial charge is 0.481 e. The van der Waals surface area contributed by atoms with Crippen molar-refractivity contribution in [1.29, 1.82) is 0 Å². The Kier molecular flexibility index (Phi) is 4.29. The molecule has 0 aromatic carbocycles. The SMILES string of the molecule is O=C(O)CC1CCCCN1C(=O)c1csc2c1CCCC2. The van der Waals surface area contributed by atoms with E-state index < -0.39 is 5.97 Å². The number of fused-ring (bicyclic) bond motifs is 1. The molecule has 1 unspecified atom stereocenters.